The number of hydrogen-bond donors (Lipinski definition) is 1. The number of rotatable bonds is 4. The maximum atomic E-state index is 13.1. The van der Waals surface area contributed by atoms with Crippen molar-refractivity contribution in [2.45, 2.75) is 19.5 Å². The lowest BCUT2D eigenvalue weighted by molar-refractivity contribution is 0.404. The molecule has 0 amide bonds. The highest BCUT2D eigenvalue weighted by atomic mass is 79.9. The van der Waals surface area contributed by atoms with Crippen LogP contribution in [0.4, 0.5) is 4.39 Å². The van der Waals surface area contributed by atoms with Gasteiger partial charge in [-0.1, -0.05) is 22.0 Å². The van der Waals surface area contributed by atoms with E-state index in [9.17, 15) is 4.39 Å². The summed E-state index contributed by atoms with van der Waals surface area (Å²) in [5, 5.41) is 4.22. The summed E-state index contributed by atoms with van der Waals surface area (Å²) in [7, 11) is 1.58. The predicted molar refractivity (Wildman–Crippen MR) is 74.6 cm³/mol. The highest BCUT2D eigenvalue weighted by Gasteiger charge is 2.21. The molecule has 1 unspecified atom stereocenters. The zero-order valence-corrected chi connectivity index (χ0v) is 12.3. The highest BCUT2D eigenvalue weighted by Crippen LogP contribution is 2.32. The van der Waals surface area contributed by atoms with Gasteiger partial charge >= 0.3 is 0 Å². The van der Waals surface area contributed by atoms with Gasteiger partial charge in [-0.05, 0) is 24.6 Å². The summed E-state index contributed by atoms with van der Waals surface area (Å²) >= 11 is 3.34. The lowest BCUT2D eigenvalue weighted by Crippen LogP contribution is -2.18. The minimum Gasteiger partial charge on any atom is -0.493 e. The summed E-state index contributed by atoms with van der Waals surface area (Å²) in [5.74, 6) is 0.323. The van der Waals surface area contributed by atoms with Gasteiger partial charge in [0.15, 0.2) is 5.75 Å². The molecule has 1 aromatic carbocycles. The minimum absolute atomic E-state index is 0.307. The molecule has 19 heavy (non-hydrogen) atoms. The van der Waals surface area contributed by atoms with E-state index in [-0.39, 0.29) is 5.82 Å². The lowest BCUT2D eigenvalue weighted by Gasteiger charge is -2.17. The number of methoxy groups -OCH3 is 1. The van der Waals surface area contributed by atoms with E-state index < -0.39 is 6.04 Å². The van der Waals surface area contributed by atoms with Gasteiger partial charge in [-0.15, -0.1) is 0 Å². The first kappa shape index (κ1) is 14.0. The SMILES string of the molecule is CCn1ncc(OC)c1C(N)c1ccc(F)cc1Br. The highest BCUT2D eigenvalue weighted by molar-refractivity contribution is 9.10. The Bertz CT molecular complexity index is 564. The van der Waals surface area contributed by atoms with Gasteiger partial charge in [0, 0.05) is 11.0 Å². The van der Waals surface area contributed by atoms with Gasteiger partial charge in [-0.3, -0.25) is 4.68 Å². The maximum Gasteiger partial charge on any atom is 0.161 e. The van der Waals surface area contributed by atoms with E-state index in [1.807, 2.05) is 6.92 Å². The number of hydrogen-bond acceptors (Lipinski definition) is 3. The molecule has 2 N–H and O–H groups in total. The Morgan fingerprint density at radius 3 is 2.84 bits per heavy atom. The van der Waals surface area contributed by atoms with Crippen LogP contribution in [0.3, 0.4) is 0 Å². The average Bonchev–Trinajstić information content (AvgIpc) is 2.80. The monoisotopic (exact) mass is 327 g/mol. The predicted octanol–water partition coefficient (Wildman–Crippen LogP) is 2.86. The first-order valence-corrected chi connectivity index (χ1v) is 6.68. The third-order valence-corrected chi connectivity index (χ3v) is 3.64. The Hall–Kier alpha value is -1.40. The number of aryl methyl sites for hydroxylation is 1. The van der Waals surface area contributed by atoms with Gasteiger partial charge in [0.2, 0.25) is 0 Å². The largest absolute Gasteiger partial charge is 0.493 e. The van der Waals surface area contributed by atoms with Crippen LogP contribution in [0.15, 0.2) is 28.9 Å². The first-order chi connectivity index (χ1) is 9.08. The molecular formula is C13H15BrFN3O. The number of nitrogens with zero attached hydrogens (tertiary/aromatic N) is 2. The van der Waals surface area contributed by atoms with Crippen LogP contribution >= 0.6 is 15.9 Å². The molecule has 0 saturated heterocycles. The van der Waals surface area contributed by atoms with Crippen molar-refractivity contribution in [1.82, 2.24) is 9.78 Å². The van der Waals surface area contributed by atoms with Crippen molar-refractivity contribution < 1.29 is 9.13 Å². The van der Waals surface area contributed by atoms with Crippen molar-refractivity contribution in [3.05, 3.63) is 45.9 Å². The molecule has 0 aliphatic heterocycles. The fourth-order valence-electron chi connectivity index (χ4n) is 2.00. The van der Waals surface area contributed by atoms with E-state index in [0.29, 0.717) is 16.8 Å². The molecule has 2 aromatic rings. The second-order valence-electron chi connectivity index (χ2n) is 4.06. The zero-order valence-electron chi connectivity index (χ0n) is 10.7. The third-order valence-electron chi connectivity index (χ3n) is 2.96. The van der Waals surface area contributed by atoms with Gasteiger partial charge < -0.3 is 10.5 Å². The van der Waals surface area contributed by atoms with Gasteiger partial charge in [0.1, 0.15) is 11.5 Å². The van der Waals surface area contributed by atoms with E-state index in [1.165, 1.54) is 12.1 Å². The van der Waals surface area contributed by atoms with Crippen molar-refractivity contribution in [2.75, 3.05) is 7.11 Å². The number of ether oxygens (including phenoxy) is 1. The van der Waals surface area contributed by atoms with Crippen molar-refractivity contribution in [3.8, 4) is 5.75 Å². The lowest BCUT2D eigenvalue weighted by atomic mass is 10.0. The quantitative estimate of drug-likeness (QED) is 0.939. The molecule has 0 fully saturated rings. The van der Waals surface area contributed by atoms with Crippen molar-refractivity contribution >= 4 is 15.9 Å². The van der Waals surface area contributed by atoms with Crippen molar-refractivity contribution in [3.63, 3.8) is 0 Å². The summed E-state index contributed by atoms with van der Waals surface area (Å²) < 4.78 is 20.8. The standard InChI is InChI=1S/C13H15BrFN3O/c1-3-18-13(11(19-2)7-17-18)12(16)9-5-4-8(15)6-10(9)14/h4-7,12H,3,16H2,1-2H3. The molecule has 1 heterocycles. The molecule has 1 atom stereocenters. The molecule has 6 heteroatoms. The first-order valence-electron chi connectivity index (χ1n) is 5.88. The normalized spacial score (nSPS) is 12.5. The molecule has 0 radical (unpaired) electrons. The van der Waals surface area contributed by atoms with Crippen molar-refractivity contribution in [1.29, 1.82) is 0 Å². The second kappa shape index (κ2) is 5.71. The van der Waals surface area contributed by atoms with E-state index in [0.717, 1.165) is 11.3 Å². The van der Waals surface area contributed by atoms with Crippen LogP contribution in [-0.2, 0) is 6.54 Å². The number of nitrogens with two attached hydrogens (primary N) is 1. The second-order valence-corrected chi connectivity index (χ2v) is 4.91. The Labute approximate surface area is 119 Å². The molecule has 0 aliphatic rings. The van der Waals surface area contributed by atoms with Gasteiger partial charge in [0.25, 0.3) is 0 Å². The molecular weight excluding hydrogens is 313 g/mol. The number of halogens is 2. The van der Waals surface area contributed by atoms with Gasteiger partial charge in [0.05, 0.1) is 19.3 Å². The molecule has 1 aromatic heterocycles. The smallest absolute Gasteiger partial charge is 0.161 e. The summed E-state index contributed by atoms with van der Waals surface area (Å²) in [5.41, 5.74) is 7.83. The summed E-state index contributed by atoms with van der Waals surface area (Å²) in [4.78, 5) is 0. The van der Waals surface area contributed by atoms with E-state index >= 15 is 0 Å². The van der Waals surface area contributed by atoms with E-state index in [4.69, 9.17) is 10.5 Å². The van der Waals surface area contributed by atoms with Crippen LogP contribution in [0.5, 0.6) is 5.75 Å². The topological polar surface area (TPSA) is 53.1 Å². The van der Waals surface area contributed by atoms with Gasteiger partial charge in [-0.2, -0.15) is 5.10 Å². The molecule has 0 aliphatic carbocycles. The maximum absolute atomic E-state index is 13.1. The fraction of sp³-hybridized carbons (Fsp3) is 0.308. The number of benzene rings is 1. The van der Waals surface area contributed by atoms with E-state index in [2.05, 4.69) is 21.0 Å². The summed E-state index contributed by atoms with van der Waals surface area (Å²) in [6.45, 7) is 2.66. The average molecular weight is 328 g/mol. The van der Waals surface area contributed by atoms with Crippen LogP contribution < -0.4 is 10.5 Å². The molecule has 102 valence electrons. The molecule has 0 saturated carbocycles. The van der Waals surface area contributed by atoms with Crippen LogP contribution in [-0.4, -0.2) is 16.9 Å². The van der Waals surface area contributed by atoms with Crippen molar-refractivity contribution in [2.24, 2.45) is 5.73 Å². The van der Waals surface area contributed by atoms with Gasteiger partial charge in [-0.25, -0.2) is 4.39 Å². The fourth-order valence-corrected chi connectivity index (χ4v) is 2.60. The Morgan fingerprint density at radius 2 is 2.26 bits per heavy atom. The summed E-state index contributed by atoms with van der Waals surface area (Å²) in [6, 6.07) is 4.01. The third kappa shape index (κ3) is 2.64. The molecule has 0 spiro atoms. The Kier molecular flexibility index (Phi) is 4.21. The Morgan fingerprint density at radius 1 is 1.53 bits per heavy atom. The van der Waals surface area contributed by atoms with Crippen LogP contribution in [0.25, 0.3) is 0 Å². The van der Waals surface area contributed by atoms with E-state index in [1.54, 1.807) is 24.1 Å². The van der Waals surface area contributed by atoms with Crippen LogP contribution in [0.1, 0.15) is 24.2 Å². The molecule has 4 nitrogen and oxygen atoms in total. The zero-order chi connectivity index (χ0) is 14.0. The minimum atomic E-state index is -0.438. The van der Waals surface area contributed by atoms with Crippen LogP contribution in [0.2, 0.25) is 0 Å². The Balaban J connectivity index is 2.48. The molecule has 0 bridgehead atoms. The van der Waals surface area contributed by atoms with Crippen LogP contribution in [0, 0.1) is 5.82 Å². The molecule has 2 rings (SSSR count). The number of aromatic nitrogens is 2. The summed E-state index contributed by atoms with van der Waals surface area (Å²) in [6.07, 6.45) is 1.64.